The first-order valence-electron chi connectivity index (χ1n) is 9.68. The second kappa shape index (κ2) is 7.36. The number of likely N-dealkylation sites (tertiary alicyclic amines) is 1. The number of carbonyl (C=O) groups is 2. The Morgan fingerprint density at radius 2 is 1.93 bits per heavy atom. The van der Waals surface area contributed by atoms with Crippen LogP contribution in [-0.4, -0.2) is 29.3 Å². The first-order valence-corrected chi connectivity index (χ1v) is 9.68. The molecule has 1 saturated heterocycles. The summed E-state index contributed by atoms with van der Waals surface area (Å²) in [6, 6.07) is 13.6. The highest BCUT2D eigenvalue weighted by atomic mass is 19.1. The van der Waals surface area contributed by atoms with Gasteiger partial charge in [0.05, 0.1) is 11.5 Å². The molecule has 2 amide bonds. The van der Waals surface area contributed by atoms with Gasteiger partial charge < -0.3 is 11.1 Å². The van der Waals surface area contributed by atoms with Crippen molar-refractivity contribution in [3.8, 4) is 0 Å². The van der Waals surface area contributed by atoms with Gasteiger partial charge in [-0.2, -0.15) is 0 Å². The fourth-order valence-corrected chi connectivity index (χ4v) is 4.11. The first kappa shape index (κ1) is 18.6. The van der Waals surface area contributed by atoms with Crippen molar-refractivity contribution in [2.45, 2.75) is 43.7 Å². The lowest BCUT2D eigenvalue weighted by molar-refractivity contribution is -0.122. The molecule has 0 radical (unpaired) electrons. The van der Waals surface area contributed by atoms with E-state index in [2.05, 4.69) is 10.2 Å². The van der Waals surface area contributed by atoms with Gasteiger partial charge in [0.15, 0.2) is 0 Å². The average molecular weight is 381 g/mol. The SMILES string of the molecule is NC(=O)C1CCCN1Cc1cccc(NC(=O)C2(c3ccc(F)cc3)CC2)c1. The fourth-order valence-electron chi connectivity index (χ4n) is 4.11. The Kier molecular flexibility index (Phi) is 4.89. The number of rotatable bonds is 6. The minimum Gasteiger partial charge on any atom is -0.368 e. The van der Waals surface area contributed by atoms with Crippen molar-refractivity contribution < 1.29 is 14.0 Å². The van der Waals surface area contributed by atoms with Gasteiger partial charge in [-0.3, -0.25) is 14.5 Å². The minimum atomic E-state index is -0.560. The van der Waals surface area contributed by atoms with E-state index in [-0.39, 0.29) is 23.7 Å². The Morgan fingerprint density at radius 3 is 2.61 bits per heavy atom. The standard InChI is InChI=1S/C22H24FN3O2/c23-17-8-6-16(7-9-17)22(10-11-22)21(28)25-18-4-1-3-15(13-18)14-26-12-2-5-19(26)20(24)27/h1,3-4,6-9,13,19H,2,5,10-12,14H2,(H2,24,27)(H,25,28). The molecule has 1 unspecified atom stereocenters. The quantitative estimate of drug-likeness (QED) is 0.808. The van der Waals surface area contributed by atoms with Crippen LogP contribution < -0.4 is 11.1 Å². The molecule has 2 aromatic carbocycles. The van der Waals surface area contributed by atoms with Gasteiger partial charge in [0, 0.05) is 12.2 Å². The molecule has 1 aliphatic heterocycles. The number of anilines is 1. The van der Waals surface area contributed by atoms with E-state index in [1.807, 2.05) is 24.3 Å². The second-order valence-electron chi connectivity index (χ2n) is 7.77. The summed E-state index contributed by atoms with van der Waals surface area (Å²) in [4.78, 5) is 26.6. The third-order valence-corrected chi connectivity index (χ3v) is 5.84. The molecule has 5 nitrogen and oxygen atoms in total. The lowest BCUT2D eigenvalue weighted by atomic mass is 9.95. The van der Waals surface area contributed by atoms with Crippen molar-refractivity contribution in [2.75, 3.05) is 11.9 Å². The molecule has 1 atom stereocenters. The highest BCUT2D eigenvalue weighted by molar-refractivity contribution is 6.01. The number of nitrogens with zero attached hydrogens (tertiary/aromatic N) is 1. The molecule has 4 rings (SSSR count). The number of hydrogen-bond acceptors (Lipinski definition) is 3. The zero-order valence-corrected chi connectivity index (χ0v) is 15.7. The number of primary amides is 1. The normalized spacial score (nSPS) is 20.7. The van der Waals surface area contributed by atoms with Gasteiger partial charge in [0.2, 0.25) is 11.8 Å². The molecule has 2 aromatic rings. The summed E-state index contributed by atoms with van der Waals surface area (Å²) in [6.07, 6.45) is 3.28. The number of nitrogens with two attached hydrogens (primary N) is 1. The Balaban J connectivity index is 1.45. The average Bonchev–Trinajstić information content (AvgIpc) is 3.35. The fraction of sp³-hybridized carbons (Fsp3) is 0.364. The third kappa shape index (κ3) is 3.64. The topological polar surface area (TPSA) is 75.4 Å². The van der Waals surface area contributed by atoms with Crippen LogP contribution in [-0.2, 0) is 21.5 Å². The summed E-state index contributed by atoms with van der Waals surface area (Å²) in [5.74, 6) is -0.645. The highest BCUT2D eigenvalue weighted by Crippen LogP contribution is 2.49. The molecular formula is C22H24FN3O2. The van der Waals surface area contributed by atoms with Crippen LogP contribution in [0.3, 0.4) is 0 Å². The van der Waals surface area contributed by atoms with Crippen LogP contribution in [0.25, 0.3) is 0 Å². The van der Waals surface area contributed by atoms with Crippen LogP contribution in [0.5, 0.6) is 0 Å². The van der Waals surface area contributed by atoms with Crippen molar-refractivity contribution in [1.29, 1.82) is 0 Å². The Morgan fingerprint density at radius 1 is 1.18 bits per heavy atom. The number of carbonyl (C=O) groups excluding carboxylic acids is 2. The Hall–Kier alpha value is -2.73. The van der Waals surface area contributed by atoms with Crippen LogP contribution in [0.1, 0.15) is 36.8 Å². The van der Waals surface area contributed by atoms with Gasteiger partial charge in [-0.15, -0.1) is 0 Å². The molecule has 2 fully saturated rings. The molecule has 3 N–H and O–H groups in total. The van der Waals surface area contributed by atoms with E-state index in [0.29, 0.717) is 6.54 Å². The summed E-state index contributed by atoms with van der Waals surface area (Å²) >= 11 is 0. The number of nitrogens with one attached hydrogen (secondary N) is 1. The van der Waals surface area contributed by atoms with Crippen molar-refractivity contribution in [3.63, 3.8) is 0 Å². The van der Waals surface area contributed by atoms with Gasteiger partial charge in [-0.1, -0.05) is 24.3 Å². The molecule has 0 aromatic heterocycles. The maximum Gasteiger partial charge on any atom is 0.235 e. The zero-order valence-electron chi connectivity index (χ0n) is 15.7. The van der Waals surface area contributed by atoms with Gasteiger partial charge in [0.25, 0.3) is 0 Å². The number of hydrogen-bond donors (Lipinski definition) is 2. The van der Waals surface area contributed by atoms with Gasteiger partial charge in [0.1, 0.15) is 5.82 Å². The predicted molar refractivity (Wildman–Crippen MR) is 105 cm³/mol. The molecule has 1 saturated carbocycles. The van der Waals surface area contributed by atoms with Crippen LogP contribution in [0.4, 0.5) is 10.1 Å². The van der Waals surface area contributed by atoms with E-state index in [0.717, 1.165) is 49.0 Å². The minimum absolute atomic E-state index is 0.0626. The zero-order chi connectivity index (χ0) is 19.7. The largest absolute Gasteiger partial charge is 0.368 e. The number of benzene rings is 2. The molecule has 146 valence electrons. The van der Waals surface area contributed by atoms with Crippen LogP contribution in [0.15, 0.2) is 48.5 Å². The van der Waals surface area contributed by atoms with Crippen LogP contribution in [0, 0.1) is 5.82 Å². The van der Waals surface area contributed by atoms with Gasteiger partial charge >= 0.3 is 0 Å². The smallest absolute Gasteiger partial charge is 0.235 e. The molecule has 1 heterocycles. The van der Waals surface area contributed by atoms with E-state index >= 15 is 0 Å². The molecule has 6 heteroatoms. The summed E-state index contributed by atoms with van der Waals surface area (Å²) in [6.45, 7) is 1.47. The molecule has 28 heavy (non-hydrogen) atoms. The van der Waals surface area contributed by atoms with Crippen molar-refractivity contribution in [2.24, 2.45) is 5.73 Å². The molecular weight excluding hydrogens is 357 g/mol. The number of halogens is 1. The van der Waals surface area contributed by atoms with Gasteiger partial charge in [-0.25, -0.2) is 4.39 Å². The molecule has 0 bridgehead atoms. The summed E-state index contributed by atoms with van der Waals surface area (Å²) < 4.78 is 13.2. The second-order valence-corrected chi connectivity index (χ2v) is 7.77. The van der Waals surface area contributed by atoms with Crippen molar-refractivity contribution in [1.82, 2.24) is 4.90 Å². The molecule has 0 spiro atoms. The summed E-state index contributed by atoms with van der Waals surface area (Å²) in [5.41, 5.74) is 7.54. The lowest BCUT2D eigenvalue weighted by Gasteiger charge is -2.22. The van der Waals surface area contributed by atoms with E-state index in [1.165, 1.54) is 12.1 Å². The van der Waals surface area contributed by atoms with Crippen molar-refractivity contribution in [3.05, 3.63) is 65.5 Å². The van der Waals surface area contributed by atoms with Crippen LogP contribution in [0.2, 0.25) is 0 Å². The summed E-state index contributed by atoms with van der Waals surface area (Å²) in [5, 5.41) is 3.01. The third-order valence-electron chi connectivity index (χ3n) is 5.84. The highest BCUT2D eigenvalue weighted by Gasteiger charge is 2.51. The number of amides is 2. The summed E-state index contributed by atoms with van der Waals surface area (Å²) in [7, 11) is 0. The van der Waals surface area contributed by atoms with Gasteiger partial charge in [-0.05, 0) is 67.6 Å². The Bertz CT molecular complexity index is 893. The first-order chi connectivity index (χ1) is 13.5. The van der Waals surface area contributed by atoms with Crippen LogP contribution >= 0.6 is 0 Å². The predicted octanol–water partition coefficient (Wildman–Crippen LogP) is 2.95. The van der Waals surface area contributed by atoms with Crippen molar-refractivity contribution >= 4 is 17.5 Å². The lowest BCUT2D eigenvalue weighted by Crippen LogP contribution is -2.39. The maximum atomic E-state index is 13.2. The Labute approximate surface area is 163 Å². The molecule has 2 aliphatic rings. The van der Waals surface area contributed by atoms with E-state index in [4.69, 9.17) is 5.73 Å². The van der Waals surface area contributed by atoms with E-state index in [1.54, 1.807) is 12.1 Å². The molecule has 1 aliphatic carbocycles. The maximum absolute atomic E-state index is 13.2. The van der Waals surface area contributed by atoms with E-state index in [9.17, 15) is 14.0 Å². The van der Waals surface area contributed by atoms with E-state index < -0.39 is 5.41 Å². The monoisotopic (exact) mass is 381 g/mol.